The standard InChI is InChI=1S/C32H45NO3.2C31H43NO3.C31H44O3S/c1-19(2)27(36)33-29(5)13-11-28(4)12-15-31(7)24-10-9-21-20(3)26(35)23(34)17-22(21)30(24,6)14-16-32(31,8)25(28)18-29;1-19-21-9-10-24-29(5,22(21)17-23(34)26(19)35)14-16-31(7)25-18-28(4,32(8)20(2)33)13-11-27(25,3)12-15-30(24,31)6;1-8-25(34)32-28(4)13-11-27(3)12-15-30(6)23-10-9-20-19(2)26(35)22(33)17-21(20)29(23,5)14-16-31(30,7)24(27)18-28;1-20-21-9-10-24-29(4,22(21)17-23(32)26(20)33)14-16-31(6)25-18-27(2,19-35(7,8)34)11-12-28(25,3)13-15-30(24,31)5/h9-10,17,19,25,35H,11-16,18H2,1-8H3,(H,33,36);9-10,17,25,35H,11-16,18H2,1-8H3;9-10,17,24,35H,8,11-16,18H2,1-7H3,(H,32,34);9-10,17,25,33H,7,11-16,18-19H2,1-6,8H3/t25-,28-,29-,30+,31-,32+;25-,27-,28-,29+,30-,31+;24-,27-,28-,29+,30-,31+;25-,27-,28-,29+,30-,31+,35?/m1111/s1. The largest absolute Gasteiger partial charge is 0.504 e. The van der Waals surface area contributed by atoms with Crippen molar-refractivity contribution < 1.29 is 58.2 Å². The number of fused-ring (bicyclic) bond motifs is 28. The summed E-state index contributed by atoms with van der Waals surface area (Å²) < 4.78 is 12.8. The minimum absolute atomic E-state index is 0.00506. The number of nitrogens with one attached hydrogen (secondary N) is 2. The maximum Gasteiger partial charge on any atom is 0.222 e. The quantitative estimate of drug-likeness (QED) is 0.130. The number of aliphatic hydroxyl groups is 4. The minimum atomic E-state index is -2.04. The van der Waals surface area contributed by atoms with E-state index in [-0.39, 0.29) is 162 Å². The predicted molar refractivity (Wildman–Crippen MR) is 571 cm³/mol. The van der Waals surface area contributed by atoms with Gasteiger partial charge >= 0.3 is 0 Å². The lowest BCUT2D eigenvalue weighted by molar-refractivity contribution is -0.169. The van der Waals surface area contributed by atoms with E-state index < -0.39 is 9.52 Å². The van der Waals surface area contributed by atoms with E-state index in [4.69, 9.17) is 0 Å². The molecule has 0 spiro atoms. The van der Waals surface area contributed by atoms with Crippen LogP contribution in [0.1, 0.15) is 380 Å². The molecule has 768 valence electrons. The van der Waals surface area contributed by atoms with Gasteiger partial charge in [-0.1, -0.05) is 209 Å². The molecule has 0 aromatic rings. The van der Waals surface area contributed by atoms with Gasteiger partial charge in [-0.25, -0.2) is 0 Å². The number of hydrogen-bond donors (Lipinski definition) is 6. The molecule has 16 heteroatoms. The van der Waals surface area contributed by atoms with Crippen molar-refractivity contribution in [3.63, 3.8) is 0 Å². The molecule has 20 aliphatic rings. The maximum atomic E-state index is 12.8. The molecule has 0 aliphatic heterocycles. The Morgan fingerprint density at radius 1 is 0.383 bits per heavy atom. The Labute approximate surface area is 847 Å². The molecule has 141 heavy (non-hydrogen) atoms. The van der Waals surface area contributed by atoms with Crippen LogP contribution in [0.25, 0.3) is 0 Å². The molecule has 6 N–H and O–H groups in total. The Morgan fingerprint density at radius 3 is 0.922 bits per heavy atom. The zero-order valence-electron chi connectivity index (χ0n) is 92.1. The van der Waals surface area contributed by atoms with Gasteiger partial charge in [-0.15, -0.1) is 0 Å². The highest BCUT2D eigenvalue weighted by Crippen LogP contribution is 2.82. The van der Waals surface area contributed by atoms with Crippen LogP contribution in [0.4, 0.5) is 0 Å². The van der Waals surface area contributed by atoms with Crippen molar-refractivity contribution in [2.45, 2.75) is 397 Å². The van der Waals surface area contributed by atoms with Crippen molar-refractivity contribution in [1.82, 2.24) is 15.5 Å². The highest BCUT2D eigenvalue weighted by molar-refractivity contribution is 7.99. The van der Waals surface area contributed by atoms with E-state index in [0.717, 1.165) is 185 Å². The molecule has 0 bridgehead atoms. The molecule has 3 amide bonds. The number of ketones is 4. The number of allylic oxidation sites excluding steroid dienone is 28. The summed E-state index contributed by atoms with van der Waals surface area (Å²) in [5.41, 5.74) is 17.7. The van der Waals surface area contributed by atoms with Gasteiger partial charge < -0.3 is 36.0 Å². The summed E-state index contributed by atoms with van der Waals surface area (Å²) in [5.74, 6) is 5.83. The molecule has 0 radical (unpaired) electrons. The van der Waals surface area contributed by atoms with Gasteiger partial charge in [0.25, 0.3) is 0 Å². The van der Waals surface area contributed by atoms with Crippen LogP contribution >= 0.6 is 0 Å². The second-order valence-electron chi connectivity index (χ2n) is 55.6. The van der Waals surface area contributed by atoms with Crippen LogP contribution in [0, 0.1) is 122 Å². The number of carbonyl (C=O) groups is 7. The van der Waals surface area contributed by atoms with Crippen LogP contribution < -0.4 is 10.6 Å². The zero-order chi connectivity index (χ0) is 104. The third kappa shape index (κ3) is 15.2. The van der Waals surface area contributed by atoms with Gasteiger partial charge in [0, 0.05) is 98.9 Å². The highest BCUT2D eigenvalue weighted by Gasteiger charge is 2.73. The summed E-state index contributed by atoms with van der Waals surface area (Å²) in [4.78, 5) is 90.2. The Kier molecular flexibility index (Phi) is 24.7. The van der Waals surface area contributed by atoms with Gasteiger partial charge in [0.2, 0.25) is 40.9 Å². The monoisotopic (exact) mass is 1940 g/mol. The lowest BCUT2D eigenvalue weighted by Gasteiger charge is -2.70. The fourth-order valence-corrected chi connectivity index (χ4v) is 38.3. The smallest absolute Gasteiger partial charge is 0.222 e. The molecule has 0 aromatic carbocycles. The van der Waals surface area contributed by atoms with Crippen LogP contribution in [0.15, 0.2) is 185 Å². The van der Waals surface area contributed by atoms with E-state index in [1.54, 1.807) is 31.2 Å². The van der Waals surface area contributed by atoms with Crippen LogP contribution in [0.5, 0.6) is 0 Å². The van der Waals surface area contributed by atoms with Gasteiger partial charge in [-0.05, 0) is 407 Å². The fourth-order valence-electron chi connectivity index (χ4n) is 36.5. The average Bonchev–Trinajstić information content (AvgIpc) is 0.687. The van der Waals surface area contributed by atoms with E-state index in [1.807, 2.05) is 66.7 Å². The number of carbonyl (C=O) groups excluding carboxylic acids is 7. The minimum Gasteiger partial charge on any atom is -0.504 e. The summed E-state index contributed by atoms with van der Waals surface area (Å²) >= 11 is 0. The van der Waals surface area contributed by atoms with Gasteiger partial charge in [0.05, 0.1) is 0 Å². The van der Waals surface area contributed by atoms with Crippen LogP contribution in [0.2, 0.25) is 0 Å². The van der Waals surface area contributed by atoms with Crippen LogP contribution in [-0.2, 0) is 43.1 Å². The number of nitrogens with zero attached hydrogens (tertiary/aromatic N) is 1. The van der Waals surface area contributed by atoms with Crippen molar-refractivity contribution >= 4 is 56.2 Å². The van der Waals surface area contributed by atoms with Crippen molar-refractivity contribution in [1.29, 1.82) is 0 Å². The van der Waals surface area contributed by atoms with Gasteiger partial charge in [0.15, 0.2) is 23.0 Å². The summed E-state index contributed by atoms with van der Waals surface area (Å²) in [6.45, 7) is 63.7. The third-order valence-corrected chi connectivity index (χ3v) is 48.5. The molecule has 12 fully saturated rings. The molecule has 20 rings (SSSR count). The number of aliphatic hydroxyl groups excluding tert-OH is 4. The van der Waals surface area contributed by atoms with E-state index in [0.29, 0.717) is 68.6 Å². The SMILES string of the molecule is C=S(C)(=O)C[C@]1(C)CC[C@]2(C)CC[C@]3(C)C4=CC=C5C(=CC(=O)C(O)=C5C)[C@]4(C)CC[C@@]3(C)[C@@H]2C1.CC(=O)N(C)[C@]1(C)CC[C@]2(C)CC[C@]3(C)C4=CC=C5C(=CC(=O)C(O)=C5C)[C@]4(C)CC[C@@]3(C)[C@@H]2C1.CC1=C(O)C(=O)C=C2C1=CC=C1[C@@]2(C)CC[C@@]2(C)[C@@H]3C[C@](C)(NC(=O)C(C)C)CC[C@]3(C)CC[C@]12C.CCC(=O)N[C@]1(C)CC[C@]2(C)CC[C@]3(C)C4=CC=C5C(=CC(=O)C(O)=C5C)[C@]4(C)CC[C@@]3(C)[C@@H]2C1. The Bertz CT molecular complexity index is 6180. The molecule has 25 atom stereocenters. The maximum absolute atomic E-state index is 12.8. The van der Waals surface area contributed by atoms with Crippen molar-refractivity contribution in [2.75, 3.05) is 19.1 Å². The lowest BCUT2D eigenvalue weighted by Crippen LogP contribution is -2.64. The first-order valence-electron chi connectivity index (χ1n) is 54.5. The summed E-state index contributed by atoms with van der Waals surface area (Å²) in [6.07, 6.45) is 58.2. The molecular weight excluding hydrogens is 1770 g/mol. The van der Waals surface area contributed by atoms with Crippen LogP contribution in [0.3, 0.4) is 0 Å². The fraction of sp³-hybridized carbons (Fsp3) is 0.680. The molecule has 15 nitrogen and oxygen atoms in total. The predicted octanol–water partition coefficient (Wildman–Crippen LogP) is 27.8. The Balaban J connectivity index is 0.000000130. The van der Waals surface area contributed by atoms with Gasteiger partial charge in [-0.2, -0.15) is 0 Å². The Morgan fingerprint density at radius 2 is 0.645 bits per heavy atom. The summed E-state index contributed by atoms with van der Waals surface area (Å²) in [7, 11) is -0.0573. The van der Waals surface area contributed by atoms with E-state index in [2.05, 4.69) is 204 Å². The summed E-state index contributed by atoms with van der Waals surface area (Å²) in [5, 5.41) is 48.2. The molecule has 0 aromatic heterocycles. The Hall–Kier alpha value is -7.85. The highest BCUT2D eigenvalue weighted by atomic mass is 32.2. The number of hydrogen-bond acceptors (Lipinski definition) is 12. The molecule has 0 saturated heterocycles. The first-order chi connectivity index (χ1) is 64.9. The molecule has 0 heterocycles. The number of amides is 3. The molecule has 20 aliphatic carbocycles. The second kappa shape index (κ2) is 33.3. The third-order valence-electron chi connectivity index (χ3n) is 47.2. The van der Waals surface area contributed by atoms with Crippen LogP contribution in [-0.4, -0.2) is 112 Å². The molecular formula is C125H175N3O12S. The first-order valence-corrected chi connectivity index (χ1v) is 56.8. The van der Waals surface area contributed by atoms with Crippen molar-refractivity contribution in [3.05, 3.63) is 185 Å². The molecule has 12 saturated carbocycles. The second-order valence-corrected chi connectivity index (χ2v) is 58.2. The normalized spacial score (nSPS) is 45.0. The first kappa shape index (κ1) is 105. The lowest BCUT2D eigenvalue weighted by atomic mass is 9.34. The summed E-state index contributed by atoms with van der Waals surface area (Å²) in [6, 6.07) is 0. The van der Waals surface area contributed by atoms with Crippen molar-refractivity contribution in [3.8, 4) is 0 Å². The topological polar surface area (TPSA) is 245 Å². The van der Waals surface area contributed by atoms with E-state index >= 15 is 0 Å². The van der Waals surface area contributed by atoms with E-state index in [9.17, 15) is 58.2 Å². The molecule has 1 unspecified atom stereocenters. The van der Waals surface area contributed by atoms with Crippen molar-refractivity contribution in [2.24, 2.45) is 122 Å². The van der Waals surface area contributed by atoms with Gasteiger partial charge in [-0.3, -0.25) is 37.8 Å². The number of rotatable bonds is 7. The zero-order valence-corrected chi connectivity index (χ0v) is 93.0. The van der Waals surface area contributed by atoms with E-state index in [1.165, 1.54) is 67.2 Å². The average molecular weight is 1940 g/mol. The van der Waals surface area contributed by atoms with Gasteiger partial charge in [0.1, 0.15) is 0 Å².